The molecular formula is C23H17N3O5. The van der Waals surface area contributed by atoms with Crippen molar-refractivity contribution in [2.45, 2.75) is 13.0 Å². The number of aryl methyl sites for hydroxylation is 1. The van der Waals surface area contributed by atoms with Crippen LogP contribution in [0.1, 0.15) is 22.7 Å². The quantitative estimate of drug-likeness (QED) is 0.227. The SMILES string of the molecule is Cc1ccc(/C(O)=C2\C(=O)C(=O)N(c3ccccn3)[C@H]2c2cccc([N+](=O)[O-])c2)cc1. The summed E-state index contributed by atoms with van der Waals surface area (Å²) in [7, 11) is 0. The van der Waals surface area contributed by atoms with Gasteiger partial charge in [-0.15, -0.1) is 0 Å². The molecule has 1 aliphatic rings. The Bertz CT molecular complexity index is 1220. The fourth-order valence-electron chi connectivity index (χ4n) is 3.56. The molecule has 1 N–H and O–H groups in total. The molecule has 8 heteroatoms. The van der Waals surface area contributed by atoms with E-state index in [0.29, 0.717) is 11.1 Å². The van der Waals surface area contributed by atoms with Crippen molar-refractivity contribution in [2.24, 2.45) is 0 Å². The molecule has 0 saturated carbocycles. The Morgan fingerprint density at radius 1 is 1.06 bits per heavy atom. The van der Waals surface area contributed by atoms with E-state index in [1.807, 2.05) is 6.92 Å². The standard InChI is InChI=1S/C23H17N3O5/c1-14-8-10-15(11-9-14)21(27)19-20(16-5-4-6-17(13-16)26(30)31)25(23(29)22(19)28)18-7-2-3-12-24-18/h2-13,20,27H,1H3/b21-19+/t20-/m0/s1. The first-order valence-corrected chi connectivity index (χ1v) is 9.42. The van der Waals surface area contributed by atoms with Gasteiger partial charge in [0.25, 0.3) is 11.5 Å². The van der Waals surface area contributed by atoms with Crippen LogP contribution in [0.2, 0.25) is 0 Å². The van der Waals surface area contributed by atoms with Gasteiger partial charge in [-0.3, -0.25) is 24.6 Å². The van der Waals surface area contributed by atoms with Crippen LogP contribution in [-0.4, -0.2) is 26.7 Å². The molecule has 31 heavy (non-hydrogen) atoms. The van der Waals surface area contributed by atoms with Gasteiger partial charge in [-0.25, -0.2) is 4.98 Å². The summed E-state index contributed by atoms with van der Waals surface area (Å²) >= 11 is 0. The Hall–Kier alpha value is -4.33. The first-order valence-electron chi connectivity index (χ1n) is 9.42. The predicted molar refractivity (Wildman–Crippen MR) is 113 cm³/mol. The van der Waals surface area contributed by atoms with Gasteiger partial charge in [-0.05, 0) is 24.6 Å². The highest BCUT2D eigenvalue weighted by Gasteiger charge is 2.47. The summed E-state index contributed by atoms with van der Waals surface area (Å²) < 4.78 is 0. The van der Waals surface area contributed by atoms with Gasteiger partial charge >= 0.3 is 5.91 Å². The predicted octanol–water partition coefficient (Wildman–Crippen LogP) is 3.92. The zero-order valence-electron chi connectivity index (χ0n) is 16.4. The maximum Gasteiger partial charge on any atom is 0.301 e. The number of hydrogen-bond acceptors (Lipinski definition) is 6. The Kier molecular flexibility index (Phi) is 5.04. The number of aromatic nitrogens is 1. The van der Waals surface area contributed by atoms with E-state index in [4.69, 9.17) is 0 Å². The molecular weight excluding hydrogens is 398 g/mol. The lowest BCUT2D eigenvalue weighted by Crippen LogP contribution is -2.30. The van der Waals surface area contributed by atoms with E-state index in [9.17, 15) is 24.8 Å². The van der Waals surface area contributed by atoms with E-state index in [-0.39, 0.29) is 22.8 Å². The van der Waals surface area contributed by atoms with Crippen molar-refractivity contribution in [3.05, 3.63) is 105 Å². The number of rotatable bonds is 4. The third-order valence-corrected chi connectivity index (χ3v) is 5.06. The molecule has 1 saturated heterocycles. The lowest BCUT2D eigenvalue weighted by Gasteiger charge is -2.24. The Labute approximate surface area is 177 Å². The molecule has 154 valence electrons. The minimum absolute atomic E-state index is 0.153. The lowest BCUT2D eigenvalue weighted by molar-refractivity contribution is -0.384. The van der Waals surface area contributed by atoms with Gasteiger partial charge < -0.3 is 5.11 Å². The van der Waals surface area contributed by atoms with Crippen molar-refractivity contribution < 1.29 is 19.6 Å². The number of carbonyl (C=O) groups is 2. The molecule has 1 fully saturated rings. The number of non-ortho nitro benzene ring substituents is 1. The smallest absolute Gasteiger partial charge is 0.301 e. The maximum absolute atomic E-state index is 13.0. The van der Waals surface area contributed by atoms with Gasteiger partial charge in [0.15, 0.2) is 0 Å². The third kappa shape index (κ3) is 3.55. The third-order valence-electron chi connectivity index (χ3n) is 5.06. The van der Waals surface area contributed by atoms with E-state index in [2.05, 4.69) is 4.98 Å². The number of pyridine rings is 1. The summed E-state index contributed by atoms with van der Waals surface area (Å²) in [4.78, 5) is 42.0. The van der Waals surface area contributed by atoms with Crippen molar-refractivity contribution in [1.29, 1.82) is 0 Å². The van der Waals surface area contributed by atoms with Crippen molar-refractivity contribution in [3.8, 4) is 0 Å². The fourth-order valence-corrected chi connectivity index (χ4v) is 3.56. The van der Waals surface area contributed by atoms with Crippen molar-refractivity contribution in [1.82, 2.24) is 4.98 Å². The van der Waals surface area contributed by atoms with Gasteiger partial charge in [0.05, 0.1) is 16.5 Å². The van der Waals surface area contributed by atoms with Crippen LogP contribution in [0, 0.1) is 17.0 Å². The van der Waals surface area contributed by atoms with Crippen molar-refractivity contribution in [2.75, 3.05) is 4.90 Å². The molecule has 1 aliphatic heterocycles. The Morgan fingerprint density at radius 3 is 2.45 bits per heavy atom. The molecule has 1 aromatic heterocycles. The molecule has 1 atom stereocenters. The molecule has 0 spiro atoms. The maximum atomic E-state index is 13.0. The van der Waals surface area contributed by atoms with Crippen LogP contribution in [0.4, 0.5) is 11.5 Å². The second-order valence-electron chi connectivity index (χ2n) is 7.08. The molecule has 1 amide bonds. The molecule has 0 unspecified atom stereocenters. The Morgan fingerprint density at radius 2 is 1.81 bits per heavy atom. The van der Waals surface area contributed by atoms with Crippen LogP contribution in [0.15, 0.2) is 78.5 Å². The van der Waals surface area contributed by atoms with E-state index in [0.717, 1.165) is 10.5 Å². The van der Waals surface area contributed by atoms with Crippen LogP contribution in [0.25, 0.3) is 5.76 Å². The number of nitro benzene ring substituents is 1. The highest BCUT2D eigenvalue weighted by atomic mass is 16.6. The fraction of sp³-hybridized carbons (Fsp3) is 0.0870. The average molecular weight is 415 g/mol. The normalized spacial score (nSPS) is 17.7. The molecule has 0 radical (unpaired) electrons. The molecule has 0 aliphatic carbocycles. The summed E-state index contributed by atoms with van der Waals surface area (Å²) in [5.41, 5.74) is 1.29. The molecule has 4 rings (SSSR count). The van der Waals surface area contributed by atoms with Crippen LogP contribution in [-0.2, 0) is 9.59 Å². The number of aliphatic hydroxyl groups is 1. The first kappa shape index (κ1) is 20.0. The number of ketones is 1. The van der Waals surface area contributed by atoms with Gasteiger partial charge in [-0.2, -0.15) is 0 Å². The second-order valence-corrected chi connectivity index (χ2v) is 7.08. The van der Waals surface area contributed by atoms with Gasteiger partial charge in [0.2, 0.25) is 0 Å². The first-order chi connectivity index (χ1) is 14.9. The van der Waals surface area contributed by atoms with Crippen LogP contribution >= 0.6 is 0 Å². The van der Waals surface area contributed by atoms with E-state index < -0.39 is 22.7 Å². The van der Waals surface area contributed by atoms with Crippen molar-refractivity contribution in [3.63, 3.8) is 0 Å². The number of nitrogens with zero attached hydrogens (tertiary/aromatic N) is 3. The largest absolute Gasteiger partial charge is 0.507 e. The van der Waals surface area contributed by atoms with Crippen LogP contribution in [0.5, 0.6) is 0 Å². The number of aliphatic hydroxyl groups excluding tert-OH is 1. The minimum atomic E-state index is -1.07. The number of amides is 1. The van der Waals surface area contributed by atoms with E-state index in [1.54, 1.807) is 48.5 Å². The zero-order valence-corrected chi connectivity index (χ0v) is 16.4. The molecule has 8 nitrogen and oxygen atoms in total. The second kappa shape index (κ2) is 7.83. The highest BCUT2D eigenvalue weighted by Crippen LogP contribution is 2.42. The number of hydrogen-bond donors (Lipinski definition) is 1. The topological polar surface area (TPSA) is 114 Å². The number of benzene rings is 2. The summed E-state index contributed by atoms with van der Waals surface area (Å²) in [5.74, 6) is -1.92. The summed E-state index contributed by atoms with van der Waals surface area (Å²) in [6.07, 6.45) is 1.47. The van der Waals surface area contributed by atoms with E-state index >= 15 is 0 Å². The summed E-state index contributed by atoms with van der Waals surface area (Å²) in [6.45, 7) is 1.88. The summed E-state index contributed by atoms with van der Waals surface area (Å²) in [5, 5.41) is 22.3. The van der Waals surface area contributed by atoms with Crippen LogP contribution in [0.3, 0.4) is 0 Å². The number of nitro groups is 1. The van der Waals surface area contributed by atoms with Gasteiger partial charge in [0.1, 0.15) is 11.6 Å². The molecule has 3 aromatic rings. The minimum Gasteiger partial charge on any atom is -0.507 e. The van der Waals surface area contributed by atoms with Crippen molar-refractivity contribution >= 4 is 29.0 Å². The van der Waals surface area contributed by atoms with Gasteiger partial charge in [-0.1, -0.05) is 48.0 Å². The van der Waals surface area contributed by atoms with Gasteiger partial charge in [0, 0.05) is 23.9 Å². The van der Waals surface area contributed by atoms with Crippen LogP contribution < -0.4 is 4.90 Å². The zero-order chi connectivity index (χ0) is 22.1. The number of anilines is 1. The highest BCUT2D eigenvalue weighted by molar-refractivity contribution is 6.51. The average Bonchev–Trinajstić information content (AvgIpc) is 3.05. The number of carbonyl (C=O) groups excluding carboxylic acids is 2. The number of Topliss-reactive ketones (excluding diaryl/α,β-unsaturated/α-hetero) is 1. The lowest BCUT2D eigenvalue weighted by atomic mass is 9.94. The monoisotopic (exact) mass is 415 g/mol. The Balaban J connectivity index is 1.96. The van der Waals surface area contributed by atoms with E-state index in [1.165, 1.54) is 24.4 Å². The summed E-state index contributed by atoms with van der Waals surface area (Å²) in [6, 6.07) is 16.3. The molecule has 2 aromatic carbocycles. The molecule has 2 heterocycles. The molecule has 0 bridgehead atoms.